The molecule has 1 fully saturated rings. The molecule has 1 aliphatic rings. The molecule has 1 saturated carbocycles. The number of nitrogens with zero attached hydrogens (tertiary/aromatic N) is 1. The van der Waals surface area contributed by atoms with E-state index in [1.54, 1.807) is 16.4 Å². The number of aryl methyl sites for hydroxylation is 1. The molecule has 112 valence electrons. The smallest absolute Gasteiger partial charge is 0.243 e. The highest BCUT2D eigenvalue weighted by Crippen LogP contribution is 2.33. The first-order valence-corrected chi connectivity index (χ1v) is 8.70. The summed E-state index contributed by atoms with van der Waals surface area (Å²) in [5.74, 6) is 0.317. The standard InChI is InChI=1S/C15H24N2O2S/c1-4-12-5-8-14(9-15(12)16)20(18,19)17(10-11(2)3)13-6-7-13/h5,8-9,11,13H,4,6-7,10,16H2,1-3H3. The SMILES string of the molecule is CCc1ccc(S(=O)(=O)N(CC(C)C)C2CC2)cc1N. The van der Waals surface area contributed by atoms with E-state index in [9.17, 15) is 8.42 Å². The molecule has 1 aromatic carbocycles. The highest BCUT2D eigenvalue weighted by Gasteiger charge is 2.38. The number of benzene rings is 1. The van der Waals surface area contributed by atoms with Crippen molar-refractivity contribution in [2.45, 2.75) is 51.0 Å². The van der Waals surface area contributed by atoms with Crippen LogP contribution in [-0.2, 0) is 16.4 Å². The molecule has 0 unspecified atom stereocenters. The quantitative estimate of drug-likeness (QED) is 0.821. The van der Waals surface area contributed by atoms with E-state index < -0.39 is 10.0 Å². The van der Waals surface area contributed by atoms with E-state index in [-0.39, 0.29) is 6.04 Å². The molecule has 2 rings (SSSR count). The zero-order chi connectivity index (χ0) is 14.9. The molecule has 4 nitrogen and oxygen atoms in total. The topological polar surface area (TPSA) is 63.4 Å². The summed E-state index contributed by atoms with van der Waals surface area (Å²) in [6, 6.07) is 5.28. The summed E-state index contributed by atoms with van der Waals surface area (Å²) in [5, 5.41) is 0. The van der Waals surface area contributed by atoms with E-state index >= 15 is 0 Å². The summed E-state index contributed by atoms with van der Waals surface area (Å²) < 4.78 is 27.2. The van der Waals surface area contributed by atoms with E-state index in [4.69, 9.17) is 5.73 Å². The minimum absolute atomic E-state index is 0.175. The molecule has 2 N–H and O–H groups in total. The third-order valence-corrected chi connectivity index (χ3v) is 5.52. The predicted molar refractivity (Wildman–Crippen MR) is 82.0 cm³/mol. The number of nitrogen functional groups attached to an aromatic ring is 1. The van der Waals surface area contributed by atoms with Crippen LogP contribution in [0.5, 0.6) is 0 Å². The van der Waals surface area contributed by atoms with E-state index in [1.807, 2.05) is 26.8 Å². The number of hydrogen-bond acceptors (Lipinski definition) is 3. The van der Waals surface area contributed by atoms with Crippen LogP contribution in [0.1, 0.15) is 39.2 Å². The van der Waals surface area contributed by atoms with Crippen LogP contribution in [0.15, 0.2) is 23.1 Å². The predicted octanol–water partition coefficient (Wildman–Crippen LogP) is 2.64. The largest absolute Gasteiger partial charge is 0.398 e. The maximum atomic E-state index is 12.8. The van der Waals surface area contributed by atoms with Crippen molar-refractivity contribution in [1.82, 2.24) is 4.31 Å². The van der Waals surface area contributed by atoms with Crippen molar-refractivity contribution in [2.24, 2.45) is 5.92 Å². The molecule has 20 heavy (non-hydrogen) atoms. The van der Waals surface area contributed by atoms with Gasteiger partial charge in [0, 0.05) is 18.3 Å². The molecule has 0 saturated heterocycles. The number of rotatable bonds is 6. The van der Waals surface area contributed by atoms with Gasteiger partial charge in [0.25, 0.3) is 0 Å². The van der Waals surface area contributed by atoms with Crippen LogP contribution in [-0.4, -0.2) is 25.3 Å². The number of hydrogen-bond donors (Lipinski definition) is 1. The molecule has 0 aliphatic heterocycles. The maximum Gasteiger partial charge on any atom is 0.243 e. The Labute approximate surface area is 122 Å². The second-order valence-electron chi connectivity index (χ2n) is 5.91. The first-order chi connectivity index (χ1) is 9.36. The fourth-order valence-electron chi connectivity index (χ4n) is 2.36. The normalized spacial score (nSPS) is 16.1. The lowest BCUT2D eigenvalue weighted by molar-refractivity contribution is 0.360. The first-order valence-electron chi connectivity index (χ1n) is 7.26. The first kappa shape index (κ1) is 15.3. The highest BCUT2D eigenvalue weighted by atomic mass is 32.2. The average Bonchev–Trinajstić information content (AvgIpc) is 3.19. The average molecular weight is 296 g/mol. The summed E-state index contributed by atoms with van der Waals surface area (Å²) in [7, 11) is -3.43. The summed E-state index contributed by atoms with van der Waals surface area (Å²) in [6.45, 7) is 6.66. The lowest BCUT2D eigenvalue weighted by Gasteiger charge is -2.24. The van der Waals surface area contributed by atoms with E-state index in [0.717, 1.165) is 24.8 Å². The van der Waals surface area contributed by atoms with E-state index in [1.165, 1.54) is 0 Å². The van der Waals surface area contributed by atoms with Crippen molar-refractivity contribution in [3.8, 4) is 0 Å². The van der Waals surface area contributed by atoms with E-state index in [0.29, 0.717) is 23.0 Å². The Morgan fingerprint density at radius 2 is 2.00 bits per heavy atom. The molecular weight excluding hydrogens is 272 g/mol. The van der Waals surface area contributed by atoms with Gasteiger partial charge in [0.15, 0.2) is 0 Å². The van der Waals surface area contributed by atoms with Crippen LogP contribution >= 0.6 is 0 Å². The van der Waals surface area contributed by atoms with Crippen LogP contribution < -0.4 is 5.73 Å². The second-order valence-corrected chi connectivity index (χ2v) is 7.80. The fourth-order valence-corrected chi connectivity index (χ4v) is 4.24. The summed E-state index contributed by atoms with van der Waals surface area (Å²) >= 11 is 0. The summed E-state index contributed by atoms with van der Waals surface area (Å²) in [6.07, 6.45) is 2.74. The highest BCUT2D eigenvalue weighted by molar-refractivity contribution is 7.89. The number of sulfonamides is 1. The van der Waals surface area contributed by atoms with Gasteiger partial charge in [0.2, 0.25) is 10.0 Å². The molecule has 0 spiro atoms. The van der Waals surface area contributed by atoms with Gasteiger partial charge in [-0.2, -0.15) is 4.31 Å². The van der Waals surface area contributed by atoms with Crippen LogP contribution in [0.3, 0.4) is 0 Å². The monoisotopic (exact) mass is 296 g/mol. The van der Waals surface area contributed by atoms with Gasteiger partial charge in [-0.25, -0.2) is 8.42 Å². The lowest BCUT2D eigenvalue weighted by atomic mass is 10.1. The maximum absolute atomic E-state index is 12.8. The van der Waals surface area contributed by atoms with Gasteiger partial charge in [-0.15, -0.1) is 0 Å². The molecular formula is C15H24N2O2S. The van der Waals surface area contributed by atoms with E-state index in [2.05, 4.69) is 0 Å². The van der Waals surface area contributed by atoms with Gasteiger partial charge in [0.05, 0.1) is 4.90 Å². The van der Waals surface area contributed by atoms with Crippen LogP contribution in [0.4, 0.5) is 5.69 Å². The minimum atomic E-state index is -3.43. The van der Waals surface area contributed by atoms with Crippen molar-refractivity contribution in [3.05, 3.63) is 23.8 Å². The third-order valence-electron chi connectivity index (χ3n) is 3.60. The van der Waals surface area contributed by atoms with Crippen molar-refractivity contribution in [1.29, 1.82) is 0 Å². The molecule has 0 radical (unpaired) electrons. The summed E-state index contributed by atoms with van der Waals surface area (Å²) in [4.78, 5) is 0.319. The Morgan fingerprint density at radius 3 is 2.45 bits per heavy atom. The molecule has 1 aliphatic carbocycles. The van der Waals surface area contributed by atoms with Crippen LogP contribution in [0, 0.1) is 5.92 Å². The van der Waals surface area contributed by atoms with Gasteiger partial charge in [-0.05, 0) is 42.9 Å². The van der Waals surface area contributed by atoms with Crippen LogP contribution in [0.2, 0.25) is 0 Å². The zero-order valence-electron chi connectivity index (χ0n) is 12.5. The van der Waals surface area contributed by atoms with Gasteiger partial charge in [0.1, 0.15) is 0 Å². The molecule has 0 atom stereocenters. The molecule has 0 aromatic heterocycles. The number of anilines is 1. The lowest BCUT2D eigenvalue weighted by Crippen LogP contribution is -2.36. The fraction of sp³-hybridized carbons (Fsp3) is 0.600. The van der Waals surface area contributed by atoms with Gasteiger partial charge in [-0.1, -0.05) is 26.8 Å². The molecule has 0 amide bonds. The molecule has 1 aromatic rings. The summed E-state index contributed by atoms with van der Waals surface area (Å²) in [5.41, 5.74) is 7.49. The zero-order valence-corrected chi connectivity index (χ0v) is 13.3. The Balaban J connectivity index is 2.34. The Kier molecular flexibility index (Phi) is 4.39. The van der Waals surface area contributed by atoms with Crippen LogP contribution in [0.25, 0.3) is 0 Å². The number of nitrogens with two attached hydrogens (primary N) is 1. The van der Waals surface area contributed by atoms with Gasteiger partial charge < -0.3 is 5.73 Å². The Bertz CT molecular complexity index is 578. The van der Waals surface area contributed by atoms with Crippen molar-refractivity contribution >= 4 is 15.7 Å². The third kappa shape index (κ3) is 3.15. The van der Waals surface area contributed by atoms with Crippen molar-refractivity contribution in [3.63, 3.8) is 0 Å². The molecule has 5 heteroatoms. The molecule has 0 heterocycles. The Morgan fingerprint density at radius 1 is 1.35 bits per heavy atom. The second kappa shape index (κ2) is 5.74. The van der Waals surface area contributed by atoms with Crippen molar-refractivity contribution in [2.75, 3.05) is 12.3 Å². The Hall–Kier alpha value is -1.07. The van der Waals surface area contributed by atoms with Gasteiger partial charge >= 0.3 is 0 Å². The van der Waals surface area contributed by atoms with Gasteiger partial charge in [-0.3, -0.25) is 0 Å². The molecule has 0 bridgehead atoms. The van der Waals surface area contributed by atoms with Crippen molar-refractivity contribution < 1.29 is 8.42 Å². The minimum Gasteiger partial charge on any atom is -0.398 e.